The van der Waals surface area contributed by atoms with E-state index in [9.17, 15) is 19.8 Å². The van der Waals surface area contributed by atoms with E-state index in [4.69, 9.17) is 0 Å². The molecule has 2 atom stereocenters. The average molecular weight is 542 g/mol. The number of aliphatic hydroxyl groups excluding tert-OH is 1. The molecule has 0 aliphatic carbocycles. The normalized spacial score (nSPS) is 21.0. The van der Waals surface area contributed by atoms with Crippen molar-refractivity contribution in [3.05, 3.63) is 94.7 Å². The predicted molar refractivity (Wildman–Crippen MR) is 152 cm³/mol. The van der Waals surface area contributed by atoms with E-state index in [1.54, 1.807) is 12.3 Å². The topological polar surface area (TPSA) is 113 Å². The van der Waals surface area contributed by atoms with Crippen LogP contribution in [0.4, 0.5) is 0 Å². The van der Waals surface area contributed by atoms with Gasteiger partial charge in [-0.15, -0.1) is 0 Å². The van der Waals surface area contributed by atoms with Crippen molar-refractivity contribution in [2.75, 3.05) is 26.2 Å². The Morgan fingerprint density at radius 1 is 1.05 bits per heavy atom. The van der Waals surface area contributed by atoms with Crippen LogP contribution in [0.2, 0.25) is 0 Å². The first kappa shape index (κ1) is 26.4. The number of carbonyl (C=O) groups is 1. The highest BCUT2D eigenvalue weighted by atomic mass is 16.3. The summed E-state index contributed by atoms with van der Waals surface area (Å²) in [5.74, 6) is 0.221. The van der Waals surface area contributed by atoms with E-state index in [-0.39, 0.29) is 36.5 Å². The molecule has 2 aromatic heterocycles. The van der Waals surface area contributed by atoms with E-state index in [2.05, 4.69) is 22.4 Å². The van der Waals surface area contributed by atoms with Gasteiger partial charge in [-0.2, -0.15) is 0 Å². The minimum Gasteiger partial charge on any atom is -0.392 e. The van der Waals surface area contributed by atoms with E-state index >= 15 is 0 Å². The van der Waals surface area contributed by atoms with Crippen LogP contribution < -0.4 is 10.9 Å². The van der Waals surface area contributed by atoms with Gasteiger partial charge in [0.05, 0.1) is 24.1 Å². The van der Waals surface area contributed by atoms with Gasteiger partial charge in [0, 0.05) is 43.4 Å². The Hall–Kier alpha value is -3.79. The highest BCUT2D eigenvalue weighted by Gasteiger charge is 2.39. The maximum Gasteiger partial charge on any atom is 0.262 e. The fourth-order valence-corrected chi connectivity index (χ4v) is 6.19. The molecule has 40 heavy (non-hydrogen) atoms. The second-order valence-corrected chi connectivity index (χ2v) is 11.1. The zero-order valence-corrected chi connectivity index (χ0v) is 22.4. The first-order valence-electron chi connectivity index (χ1n) is 14.0. The predicted octanol–water partition coefficient (Wildman–Crippen LogP) is 2.43. The molecule has 9 nitrogen and oxygen atoms in total. The molecule has 4 aromatic rings. The lowest BCUT2D eigenvalue weighted by Crippen LogP contribution is -2.52. The number of likely N-dealkylation sites (tertiary alicyclic amines) is 1. The Labute approximate surface area is 232 Å². The Morgan fingerprint density at radius 3 is 2.52 bits per heavy atom. The summed E-state index contributed by atoms with van der Waals surface area (Å²) in [4.78, 5) is 33.4. The summed E-state index contributed by atoms with van der Waals surface area (Å²) in [5, 5.41) is 24.6. The molecule has 3 N–H and O–H groups in total. The summed E-state index contributed by atoms with van der Waals surface area (Å²) in [6.45, 7) is 2.64. The molecule has 2 saturated heterocycles. The molecule has 0 saturated carbocycles. The number of amides is 1. The smallest absolute Gasteiger partial charge is 0.262 e. The summed E-state index contributed by atoms with van der Waals surface area (Å²) in [6.07, 6.45) is 4.91. The van der Waals surface area contributed by atoms with Gasteiger partial charge in [0.1, 0.15) is 6.33 Å². The van der Waals surface area contributed by atoms with Crippen LogP contribution in [0.1, 0.15) is 36.3 Å². The molecule has 0 radical (unpaired) electrons. The first-order chi connectivity index (χ1) is 19.5. The van der Waals surface area contributed by atoms with E-state index < -0.39 is 5.60 Å². The van der Waals surface area contributed by atoms with Gasteiger partial charge in [-0.05, 0) is 55.1 Å². The van der Waals surface area contributed by atoms with Crippen LogP contribution in [0.15, 0.2) is 78.0 Å². The fraction of sp³-hybridized carbons (Fsp3) is 0.387. The third-order valence-electron chi connectivity index (χ3n) is 8.56. The number of aliphatic hydroxyl groups is 2. The minimum absolute atomic E-state index is 0.0310. The van der Waals surface area contributed by atoms with Gasteiger partial charge in [-0.3, -0.25) is 14.2 Å². The van der Waals surface area contributed by atoms with Gasteiger partial charge in [0.2, 0.25) is 5.91 Å². The van der Waals surface area contributed by atoms with Gasteiger partial charge < -0.3 is 25.0 Å². The first-order valence-corrected chi connectivity index (χ1v) is 14.0. The summed E-state index contributed by atoms with van der Waals surface area (Å²) in [6, 6.07) is 19.4. The van der Waals surface area contributed by atoms with Gasteiger partial charge in [0.25, 0.3) is 5.56 Å². The maximum absolute atomic E-state index is 13.6. The number of rotatable bonds is 6. The third-order valence-corrected chi connectivity index (χ3v) is 8.56. The monoisotopic (exact) mass is 541 g/mol. The lowest BCUT2D eigenvalue weighted by molar-refractivity contribution is -0.141. The van der Waals surface area contributed by atoms with Crippen LogP contribution in [0.5, 0.6) is 0 Å². The molecule has 2 aromatic carbocycles. The Bertz CT molecular complexity index is 1540. The molecule has 2 fully saturated rings. The lowest BCUT2D eigenvalue weighted by Gasteiger charge is -2.41. The van der Waals surface area contributed by atoms with Crippen molar-refractivity contribution in [3.63, 3.8) is 0 Å². The molecule has 9 heteroatoms. The quantitative estimate of drug-likeness (QED) is 0.346. The highest BCUT2D eigenvalue weighted by Crippen LogP contribution is 2.33. The summed E-state index contributed by atoms with van der Waals surface area (Å²) in [7, 11) is 0. The molecule has 208 valence electrons. The number of hydrogen-bond donors (Lipinski definition) is 3. The molecule has 0 bridgehead atoms. The summed E-state index contributed by atoms with van der Waals surface area (Å²) < 4.78 is 3.32. The largest absolute Gasteiger partial charge is 0.392 e. The SMILES string of the molecule is O=C([C@@H]1CCNC[C@H]1c1ccccc1)N1CCC(O)(Cn2cnc3c(ccn3-c3ccc(CO)cc3)c2=O)CC1. The standard InChI is InChI=1S/C31H35N5O4/c37-19-22-6-8-24(9-7-22)36-15-11-26-28(36)33-21-35(30(26)39)20-31(40)12-16-34(17-13-31)29(38)25-10-14-32-18-27(25)23-4-2-1-3-5-23/h1-9,11,15,21,25,27,32,37,40H,10,12-14,16-20H2/t25-,27+/m1/s1. The number of benzene rings is 2. The van der Waals surface area contributed by atoms with Crippen molar-refractivity contribution in [2.24, 2.45) is 5.92 Å². The van der Waals surface area contributed by atoms with E-state index in [1.165, 1.54) is 16.5 Å². The van der Waals surface area contributed by atoms with E-state index in [1.807, 2.05) is 51.9 Å². The number of fused-ring (bicyclic) bond motifs is 1. The Morgan fingerprint density at radius 2 is 1.80 bits per heavy atom. The van der Waals surface area contributed by atoms with Crippen molar-refractivity contribution < 1.29 is 15.0 Å². The average Bonchev–Trinajstić information content (AvgIpc) is 3.44. The fourth-order valence-electron chi connectivity index (χ4n) is 6.19. The third kappa shape index (κ3) is 5.08. The van der Waals surface area contributed by atoms with Crippen molar-refractivity contribution >= 4 is 16.9 Å². The second kappa shape index (κ2) is 11.0. The number of nitrogens with one attached hydrogen (secondary N) is 1. The van der Waals surface area contributed by atoms with Crippen molar-refractivity contribution in [1.29, 1.82) is 0 Å². The molecule has 1 amide bonds. The molecular weight excluding hydrogens is 506 g/mol. The van der Waals surface area contributed by atoms with Gasteiger partial charge in [-0.1, -0.05) is 42.5 Å². The molecule has 0 spiro atoms. The van der Waals surface area contributed by atoms with Crippen LogP contribution in [0, 0.1) is 5.92 Å². The second-order valence-electron chi connectivity index (χ2n) is 11.1. The van der Waals surface area contributed by atoms with Gasteiger partial charge in [-0.25, -0.2) is 4.98 Å². The van der Waals surface area contributed by atoms with Crippen LogP contribution in [-0.4, -0.2) is 66.9 Å². The number of hydrogen-bond acceptors (Lipinski definition) is 6. The van der Waals surface area contributed by atoms with Crippen LogP contribution in [-0.2, 0) is 17.9 Å². The van der Waals surface area contributed by atoms with Crippen LogP contribution >= 0.6 is 0 Å². The van der Waals surface area contributed by atoms with Crippen molar-refractivity contribution in [2.45, 2.75) is 43.9 Å². The number of carbonyl (C=O) groups excluding carboxylic acids is 1. The lowest BCUT2D eigenvalue weighted by atomic mass is 9.80. The zero-order valence-electron chi connectivity index (χ0n) is 22.4. The van der Waals surface area contributed by atoms with Crippen molar-refractivity contribution in [3.8, 4) is 5.69 Å². The molecule has 2 aliphatic rings. The molecule has 0 unspecified atom stereocenters. The van der Waals surface area contributed by atoms with Crippen LogP contribution in [0.3, 0.4) is 0 Å². The van der Waals surface area contributed by atoms with E-state index in [0.717, 1.165) is 30.8 Å². The zero-order chi connectivity index (χ0) is 27.7. The molecule has 4 heterocycles. The number of nitrogens with zero attached hydrogens (tertiary/aromatic N) is 4. The molecule has 2 aliphatic heterocycles. The maximum atomic E-state index is 13.6. The van der Waals surface area contributed by atoms with Gasteiger partial charge >= 0.3 is 0 Å². The Kier molecular flexibility index (Phi) is 7.27. The van der Waals surface area contributed by atoms with Gasteiger partial charge in [0.15, 0.2) is 5.65 Å². The summed E-state index contributed by atoms with van der Waals surface area (Å²) in [5.41, 5.74) is 2.08. The van der Waals surface area contributed by atoms with Crippen LogP contribution in [0.25, 0.3) is 16.7 Å². The van der Waals surface area contributed by atoms with Crippen molar-refractivity contribution in [1.82, 2.24) is 24.3 Å². The highest BCUT2D eigenvalue weighted by molar-refractivity contribution is 5.80. The summed E-state index contributed by atoms with van der Waals surface area (Å²) >= 11 is 0. The van der Waals surface area contributed by atoms with E-state index in [0.29, 0.717) is 37.0 Å². The minimum atomic E-state index is -1.09. The number of aromatic nitrogens is 3. The molecular formula is C31H35N5O4. The molecule has 6 rings (SSSR count). The number of piperidine rings is 2. The Balaban J connectivity index is 1.14.